The number of rotatable bonds is 7. The zero-order chi connectivity index (χ0) is 21.2. The highest BCUT2D eigenvalue weighted by Gasteiger charge is 2.32. The predicted octanol–water partition coefficient (Wildman–Crippen LogP) is 2.36. The van der Waals surface area contributed by atoms with Crippen LogP contribution in [0.4, 0.5) is 0 Å². The number of nitrogens with zero attached hydrogens (tertiary/aromatic N) is 4. The van der Waals surface area contributed by atoms with Gasteiger partial charge in [-0.1, -0.05) is 13.0 Å². The molecule has 0 spiro atoms. The second-order valence-corrected chi connectivity index (χ2v) is 9.44. The minimum Gasteiger partial charge on any atom is -0.296 e. The lowest BCUT2D eigenvalue weighted by molar-refractivity contribution is 0.257. The molecule has 0 amide bonds. The smallest absolute Gasteiger partial charge is 0.276 e. The van der Waals surface area contributed by atoms with Gasteiger partial charge in [0.25, 0.3) is 5.56 Å². The summed E-state index contributed by atoms with van der Waals surface area (Å²) in [5, 5.41) is 2.89. The fourth-order valence-corrected chi connectivity index (χ4v) is 4.31. The molecule has 0 unspecified atom stereocenters. The molecule has 3 aromatic heterocycles. The van der Waals surface area contributed by atoms with E-state index in [1.54, 1.807) is 25.6 Å². The number of H-pyrrole nitrogens is 1. The molecule has 3 aromatic rings. The average Bonchev–Trinajstić information content (AvgIpc) is 3.08. The molecule has 8 nitrogen and oxygen atoms in total. The van der Waals surface area contributed by atoms with Gasteiger partial charge in [0.15, 0.2) is 5.82 Å². The Morgan fingerprint density at radius 3 is 2.55 bits per heavy atom. The third-order valence-corrected chi connectivity index (χ3v) is 7.34. The summed E-state index contributed by atoms with van der Waals surface area (Å²) >= 11 is 0. The standard InChI is InChI=1S/C20H25N5O3S/c1-5-20(2,3)24(4)29(27,28)17-8-9-18(22-14-17)25-19(26)16(13-23-25)11-15-7-6-10-21-12-15/h6-10,12-14,23H,5,11H2,1-4H3. The minimum atomic E-state index is -3.69. The van der Waals surface area contributed by atoms with E-state index >= 15 is 0 Å². The van der Waals surface area contributed by atoms with Gasteiger partial charge in [-0.05, 0) is 44.0 Å². The lowest BCUT2D eigenvalue weighted by atomic mass is 10.0. The number of sulfonamides is 1. The molecule has 9 heteroatoms. The van der Waals surface area contributed by atoms with E-state index in [1.807, 2.05) is 32.9 Å². The van der Waals surface area contributed by atoms with Crippen LogP contribution >= 0.6 is 0 Å². The van der Waals surface area contributed by atoms with Gasteiger partial charge in [0.05, 0.1) is 0 Å². The summed E-state index contributed by atoms with van der Waals surface area (Å²) in [5.74, 6) is 0.323. The number of hydrogen-bond donors (Lipinski definition) is 1. The van der Waals surface area contributed by atoms with Crippen LogP contribution in [0.25, 0.3) is 5.82 Å². The van der Waals surface area contributed by atoms with Gasteiger partial charge < -0.3 is 0 Å². The predicted molar refractivity (Wildman–Crippen MR) is 111 cm³/mol. The van der Waals surface area contributed by atoms with Crippen LogP contribution in [0.1, 0.15) is 38.3 Å². The summed E-state index contributed by atoms with van der Waals surface area (Å²) < 4.78 is 28.4. The monoisotopic (exact) mass is 415 g/mol. The Balaban J connectivity index is 1.87. The van der Waals surface area contributed by atoms with Crippen LogP contribution in [0.5, 0.6) is 0 Å². The topological polar surface area (TPSA) is 101 Å². The van der Waals surface area contributed by atoms with E-state index in [2.05, 4.69) is 15.1 Å². The zero-order valence-electron chi connectivity index (χ0n) is 17.0. The average molecular weight is 416 g/mol. The van der Waals surface area contributed by atoms with Gasteiger partial charge in [-0.25, -0.2) is 18.1 Å². The summed E-state index contributed by atoms with van der Waals surface area (Å²) in [6.07, 6.45) is 7.41. The Labute approximate surface area is 170 Å². The molecule has 0 aliphatic heterocycles. The molecule has 0 aliphatic carbocycles. The van der Waals surface area contributed by atoms with Crippen molar-refractivity contribution in [1.82, 2.24) is 24.1 Å². The van der Waals surface area contributed by atoms with Crippen LogP contribution < -0.4 is 5.56 Å². The van der Waals surface area contributed by atoms with Crippen molar-refractivity contribution in [3.8, 4) is 5.82 Å². The third-order valence-electron chi connectivity index (χ3n) is 5.29. The van der Waals surface area contributed by atoms with Crippen molar-refractivity contribution < 1.29 is 8.42 Å². The molecular weight excluding hydrogens is 390 g/mol. The molecule has 3 heterocycles. The quantitative estimate of drug-likeness (QED) is 0.638. The van der Waals surface area contributed by atoms with Crippen molar-refractivity contribution in [2.75, 3.05) is 7.05 Å². The van der Waals surface area contributed by atoms with Gasteiger partial charge in [-0.15, -0.1) is 0 Å². The van der Waals surface area contributed by atoms with E-state index < -0.39 is 15.6 Å². The highest BCUT2D eigenvalue weighted by atomic mass is 32.2. The van der Waals surface area contributed by atoms with E-state index in [1.165, 1.54) is 27.3 Å². The van der Waals surface area contributed by atoms with E-state index in [-0.39, 0.29) is 10.5 Å². The fourth-order valence-electron chi connectivity index (χ4n) is 2.79. The zero-order valence-corrected chi connectivity index (χ0v) is 17.8. The maximum absolute atomic E-state index is 12.9. The summed E-state index contributed by atoms with van der Waals surface area (Å²) in [7, 11) is -2.12. The highest BCUT2D eigenvalue weighted by Crippen LogP contribution is 2.25. The van der Waals surface area contributed by atoms with Crippen LogP contribution in [-0.2, 0) is 16.4 Å². The number of aromatic amines is 1. The van der Waals surface area contributed by atoms with Crippen LogP contribution in [0.2, 0.25) is 0 Å². The van der Waals surface area contributed by atoms with Gasteiger partial charge in [-0.2, -0.15) is 4.31 Å². The summed E-state index contributed by atoms with van der Waals surface area (Å²) in [6.45, 7) is 5.68. The Kier molecular flexibility index (Phi) is 5.72. The first-order valence-electron chi connectivity index (χ1n) is 9.30. The molecule has 29 heavy (non-hydrogen) atoms. The van der Waals surface area contributed by atoms with Gasteiger partial charge in [0.1, 0.15) is 4.90 Å². The molecule has 1 N–H and O–H groups in total. The highest BCUT2D eigenvalue weighted by molar-refractivity contribution is 7.89. The van der Waals surface area contributed by atoms with Crippen LogP contribution in [-0.4, -0.2) is 45.1 Å². The van der Waals surface area contributed by atoms with Crippen molar-refractivity contribution in [1.29, 1.82) is 0 Å². The van der Waals surface area contributed by atoms with E-state index in [4.69, 9.17) is 0 Å². The molecule has 0 aromatic carbocycles. The Morgan fingerprint density at radius 2 is 1.97 bits per heavy atom. The maximum atomic E-state index is 12.9. The maximum Gasteiger partial charge on any atom is 0.276 e. The minimum absolute atomic E-state index is 0.0838. The molecule has 0 saturated carbocycles. The number of hydrogen-bond acceptors (Lipinski definition) is 5. The van der Waals surface area contributed by atoms with E-state index in [0.717, 1.165) is 5.56 Å². The van der Waals surface area contributed by atoms with Crippen molar-refractivity contribution in [2.24, 2.45) is 0 Å². The summed E-state index contributed by atoms with van der Waals surface area (Å²) in [6, 6.07) is 6.70. The normalized spacial score (nSPS) is 12.4. The third kappa shape index (κ3) is 4.15. The van der Waals surface area contributed by atoms with Crippen molar-refractivity contribution in [3.05, 3.63) is 70.5 Å². The Bertz CT molecular complexity index is 1130. The van der Waals surface area contributed by atoms with Gasteiger partial charge in [0.2, 0.25) is 10.0 Å². The molecule has 0 bridgehead atoms. The first-order valence-corrected chi connectivity index (χ1v) is 10.7. The molecular formula is C20H25N5O3S. The molecule has 0 saturated heterocycles. The first kappa shape index (κ1) is 20.9. The van der Waals surface area contributed by atoms with Crippen LogP contribution in [0, 0.1) is 0 Å². The molecule has 3 rings (SSSR count). The van der Waals surface area contributed by atoms with Crippen LogP contribution in [0.3, 0.4) is 0 Å². The lowest BCUT2D eigenvalue weighted by Crippen LogP contribution is -2.44. The number of aromatic nitrogens is 4. The number of nitrogens with one attached hydrogen (secondary N) is 1. The van der Waals surface area contributed by atoms with Gasteiger partial charge in [0, 0.05) is 49.4 Å². The molecule has 154 valence electrons. The molecule has 0 aliphatic rings. The van der Waals surface area contributed by atoms with E-state index in [9.17, 15) is 13.2 Å². The Morgan fingerprint density at radius 1 is 1.21 bits per heavy atom. The van der Waals surface area contributed by atoms with Crippen LogP contribution in [0.15, 0.2) is 58.7 Å². The van der Waals surface area contributed by atoms with Crippen molar-refractivity contribution in [2.45, 2.75) is 44.0 Å². The van der Waals surface area contributed by atoms with Crippen molar-refractivity contribution >= 4 is 10.0 Å². The Hall–Kier alpha value is -2.78. The van der Waals surface area contributed by atoms with E-state index in [0.29, 0.717) is 24.2 Å². The largest absolute Gasteiger partial charge is 0.296 e. The van der Waals surface area contributed by atoms with Gasteiger partial charge in [-0.3, -0.25) is 14.9 Å². The van der Waals surface area contributed by atoms with Gasteiger partial charge >= 0.3 is 0 Å². The second kappa shape index (κ2) is 7.92. The number of pyridine rings is 2. The molecule has 0 fully saturated rings. The molecule has 0 radical (unpaired) electrons. The molecule has 0 atom stereocenters. The van der Waals surface area contributed by atoms with Crippen molar-refractivity contribution in [3.63, 3.8) is 0 Å². The lowest BCUT2D eigenvalue weighted by Gasteiger charge is -2.33. The fraction of sp³-hybridized carbons (Fsp3) is 0.350. The first-order chi connectivity index (χ1) is 13.7. The summed E-state index contributed by atoms with van der Waals surface area (Å²) in [5.41, 5.74) is 0.739. The summed E-state index contributed by atoms with van der Waals surface area (Å²) in [4.78, 5) is 21.0. The second-order valence-electron chi connectivity index (χ2n) is 7.47. The SMILES string of the molecule is CCC(C)(C)N(C)S(=O)(=O)c1ccc(-n2[nH]cc(Cc3cccnc3)c2=O)nc1.